The molecule has 3 N–H and O–H groups in total. The Kier molecular flexibility index (Phi) is 2.44. The van der Waals surface area contributed by atoms with E-state index < -0.39 is 0 Å². The molecule has 1 fully saturated rings. The lowest BCUT2D eigenvalue weighted by atomic mass is 10.7. The molecule has 0 atom stereocenters. The highest BCUT2D eigenvalue weighted by Gasteiger charge is 2.21. The Morgan fingerprint density at radius 3 is 2.80 bits per heavy atom. The smallest absolute Gasteiger partial charge is 0.225 e. The van der Waals surface area contributed by atoms with E-state index >= 15 is 0 Å². The average Bonchev–Trinajstić information content (AvgIpc) is 2.67. The van der Waals surface area contributed by atoms with Crippen molar-refractivity contribution in [1.29, 1.82) is 0 Å². The first-order chi connectivity index (χ1) is 4.83. The molecule has 0 aromatic heterocycles. The Morgan fingerprint density at radius 1 is 1.60 bits per heavy atom. The number of carbonyl (C=O) groups is 1. The zero-order valence-electron chi connectivity index (χ0n) is 5.39. The van der Waals surface area contributed by atoms with Gasteiger partial charge < -0.3 is 5.32 Å². The van der Waals surface area contributed by atoms with E-state index in [2.05, 4.69) is 16.2 Å². The number of hydrogen-bond acceptors (Lipinski definition) is 2. The Labute approximate surface area is 64.3 Å². The van der Waals surface area contributed by atoms with Gasteiger partial charge in [-0.2, -0.15) is 0 Å². The molecule has 1 aliphatic rings. The summed E-state index contributed by atoms with van der Waals surface area (Å²) < 4.78 is 0. The zero-order chi connectivity index (χ0) is 7.40. The first-order valence-corrected chi connectivity index (χ1v) is 3.49. The SMILES string of the molecule is O=CNNC(=S)NC1CC1. The van der Waals surface area contributed by atoms with Crippen molar-refractivity contribution in [2.75, 3.05) is 0 Å². The molecule has 0 aromatic rings. The first-order valence-electron chi connectivity index (χ1n) is 3.08. The highest BCUT2D eigenvalue weighted by molar-refractivity contribution is 7.80. The summed E-state index contributed by atoms with van der Waals surface area (Å²) in [7, 11) is 0. The molecule has 0 saturated heterocycles. The van der Waals surface area contributed by atoms with Gasteiger partial charge in [-0.05, 0) is 25.1 Å². The van der Waals surface area contributed by atoms with Crippen LogP contribution in [0.1, 0.15) is 12.8 Å². The van der Waals surface area contributed by atoms with E-state index in [0.29, 0.717) is 17.6 Å². The van der Waals surface area contributed by atoms with Gasteiger partial charge in [-0.3, -0.25) is 15.6 Å². The predicted octanol–water partition coefficient (Wildman–Crippen LogP) is -0.726. The largest absolute Gasteiger partial charge is 0.359 e. The maximum atomic E-state index is 9.75. The second-order valence-electron chi connectivity index (χ2n) is 2.13. The monoisotopic (exact) mass is 159 g/mol. The predicted molar refractivity (Wildman–Crippen MR) is 41.1 cm³/mol. The van der Waals surface area contributed by atoms with Crippen molar-refractivity contribution in [1.82, 2.24) is 16.2 Å². The van der Waals surface area contributed by atoms with Crippen molar-refractivity contribution in [3.63, 3.8) is 0 Å². The van der Waals surface area contributed by atoms with Crippen LogP contribution in [0.5, 0.6) is 0 Å². The lowest BCUT2D eigenvalue weighted by Crippen LogP contribution is -2.44. The van der Waals surface area contributed by atoms with Crippen LogP contribution in [0.2, 0.25) is 0 Å². The van der Waals surface area contributed by atoms with Crippen molar-refractivity contribution in [3.05, 3.63) is 0 Å². The fourth-order valence-electron chi connectivity index (χ4n) is 0.544. The van der Waals surface area contributed by atoms with E-state index in [4.69, 9.17) is 12.2 Å². The molecule has 1 amide bonds. The fraction of sp³-hybridized carbons (Fsp3) is 0.600. The minimum Gasteiger partial charge on any atom is -0.359 e. The van der Waals surface area contributed by atoms with Crippen LogP contribution in [0, 0.1) is 0 Å². The number of carbonyl (C=O) groups excluding carboxylic acids is 1. The molecule has 0 spiro atoms. The molecule has 0 bridgehead atoms. The number of hydrogen-bond donors (Lipinski definition) is 3. The van der Waals surface area contributed by atoms with Crippen molar-refractivity contribution >= 4 is 23.7 Å². The molecule has 5 heteroatoms. The average molecular weight is 159 g/mol. The van der Waals surface area contributed by atoms with Gasteiger partial charge in [0.1, 0.15) is 0 Å². The van der Waals surface area contributed by atoms with Crippen LogP contribution < -0.4 is 16.2 Å². The van der Waals surface area contributed by atoms with Gasteiger partial charge in [-0.25, -0.2) is 0 Å². The van der Waals surface area contributed by atoms with E-state index in [1.165, 1.54) is 12.8 Å². The van der Waals surface area contributed by atoms with E-state index in [0.717, 1.165) is 0 Å². The summed E-state index contributed by atoms with van der Waals surface area (Å²) in [6.07, 6.45) is 2.88. The molecular weight excluding hydrogens is 150 g/mol. The number of nitrogens with one attached hydrogen (secondary N) is 3. The second kappa shape index (κ2) is 3.36. The summed E-state index contributed by atoms with van der Waals surface area (Å²) in [5.74, 6) is 0. The molecule has 0 radical (unpaired) electrons. The zero-order valence-corrected chi connectivity index (χ0v) is 6.20. The third-order valence-electron chi connectivity index (χ3n) is 1.16. The number of amides is 1. The van der Waals surface area contributed by atoms with Crippen molar-refractivity contribution < 1.29 is 4.79 Å². The Balaban J connectivity index is 2.02. The van der Waals surface area contributed by atoms with Gasteiger partial charge in [-0.1, -0.05) is 0 Å². The van der Waals surface area contributed by atoms with Crippen molar-refractivity contribution in [2.24, 2.45) is 0 Å². The lowest BCUT2D eigenvalue weighted by Gasteiger charge is -2.06. The summed E-state index contributed by atoms with van der Waals surface area (Å²) in [6.45, 7) is 0. The van der Waals surface area contributed by atoms with Gasteiger partial charge >= 0.3 is 0 Å². The normalized spacial score (nSPS) is 15.6. The Hall–Kier alpha value is -0.840. The summed E-state index contributed by atoms with van der Waals surface area (Å²) in [5, 5.41) is 3.47. The fourth-order valence-corrected chi connectivity index (χ4v) is 0.770. The lowest BCUT2D eigenvalue weighted by molar-refractivity contribution is -0.110. The summed E-state index contributed by atoms with van der Waals surface area (Å²) in [6, 6.07) is 0.522. The molecule has 10 heavy (non-hydrogen) atoms. The first kappa shape index (κ1) is 7.27. The van der Waals surface area contributed by atoms with Gasteiger partial charge in [0.15, 0.2) is 5.11 Å². The van der Waals surface area contributed by atoms with Crippen LogP contribution in [-0.2, 0) is 4.79 Å². The number of hydrazine groups is 1. The quantitative estimate of drug-likeness (QED) is 0.289. The highest BCUT2D eigenvalue weighted by Crippen LogP contribution is 2.17. The minimum absolute atomic E-state index is 0.481. The standard InChI is InChI=1S/C5H9N3OS/c9-3-6-8-5(10)7-4-1-2-4/h3-4H,1-2H2,(H,6,9)(H2,7,8,10). The number of thiocarbonyl (C=S) groups is 1. The van der Waals surface area contributed by atoms with Crippen molar-refractivity contribution in [2.45, 2.75) is 18.9 Å². The van der Waals surface area contributed by atoms with Gasteiger partial charge in [0, 0.05) is 6.04 Å². The molecule has 1 saturated carbocycles. The van der Waals surface area contributed by atoms with Crippen LogP contribution in [0.25, 0.3) is 0 Å². The maximum Gasteiger partial charge on any atom is 0.225 e. The maximum absolute atomic E-state index is 9.75. The molecule has 1 rings (SSSR count). The van der Waals surface area contributed by atoms with Crippen LogP contribution >= 0.6 is 12.2 Å². The molecular formula is C5H9N3OS. The topological polar surface area (TPSA) is 53.2 Å². The molecule has 56 valence electrons. The summed E-state index contributed by atoms with van der Waals surface area (Å²) >= 11 is 4.79. The van der Waals surface area contributed by atoms with Crippen LogP contribution in [0.15, 0.2) is 0 Å². The van der Waals surface area contributed by atoms with E-state index in [1.54, 1.807) is 0 Å². The Morgan fingerprint density at radius 2 is 2.30 bits per heavy atom. The van der Waals surface area contributed by atoms with Gasteiger partial charge in [0.2, 0.25) is 6.41 Å². The van der Waals surface area contributed by atoms with Crippen LogP contribution in [-0.4, -0.2) is 17.6 Å². The van der Waals surface area contributed by atoms with E-state index in [1.807, 2.05) is 0 Å². The Bertz CT molecular complexity index is 146. The molecule has 0 unspecified atom stereocenters. The highest BCUT2D eigenvalue weighted by atomic mass is 32.1. The molecule has 1 aliphatic carbocycles. The van der Waals surface area contributed by atoms with Gasteiger partial charge in [0.25, 0.3) is 0 Å². The summed E-state index contributed by atoms with van der Waals surface area (Å²) in [4.78, 5) is 9.75. The number of rotatable bonds is 3. The van der Waals surface area contributed by atoms with Gasteiger partial charge in [-0.15, -0.1) is 0 Å². The molecule has 0 heterocycles. The summed E-state index contributed by atoms with van der Waals surface area (Å²) in [5.41, 5.74) is 4.75. The minimum atomic E-state index is 0.481. The third kappa shape index (κ3) is 2.63. The van der Waals surface area contributed by atoms with Crippen LogP contribution in [0.3, 0.4) is 0 Å². The second-order valence-corrected chi connectivity index (χ2v) is 2.54. The molecule has 0 aromatic carbocycles. The van der Waals surface area contributed by atoms with E-state index in [-0.39, 0.29) is 0 Å². The van der Waals surface area contributed by atoms with Crippen LogP contribution in [0.4, 0.5) is 0 Å². The molecule has 0 aliphatic heterocycles. The van der Waals surface area contributed by atoms with Gasteiger partial charge in [0.05, 0.1) is 0 Å². The molecule has 4 nitrogen and oxygen atoms in total. The van der Waals surface area contributed by atoms with Crippen molar-refractivity contribution in [3.8, 4) is 0 Å². The third-order valence-corrected chi connectivity index (χ3v) is 1.38. The van der Waals surface area contributed by atoms with E-state index in [9.17, 15) is 4.79 Å².